The second-order valence-corrected chi connectivity index (χ2v) is 6.62. The van der Waals surface area contributed by atoms with Gasteiger partial charge in [0.2, 0.25) is 0 Å². The Morgan fingerprint density at radius 1 is 1.11 bits per heavy atom. The molecule has 0 bridgehead atoms. The number of hydrogen-bond acceptors (Lipinski definition) is 3. The van der Waals surface area contributed by atoms with Crippen molar-refractivity contribution in [3.63, 3.8) is 0 Å². The molecule has 3 nitrogen and oxygen atoms in total. The van der Waals surface area contributed by atoms with E-state index in [1.165, 1.54) is 25.7 Å². The summed E-state index contributed by atoms with van der Waals surface area (Å²) in [6.07, 6.45) is 7.24. The minimum Gasteiger partial charge on any atom is -0.497 e. The van der Waals surface area contributed by atoms with Gasteiger partial charge in [0, 0.05) is 0 Å². The molecule has 19 heavy (non-hydrogen) atoms. The van der Waals surface area contributed by atoms with Gasteiger partial charge in [-0.25, -0.2) is 0 Å². The Labute approximate surface area is 117 Å². The predicted octanol–water partition coefficient (Wildman–Crippen LogP) is 4.07. The molecule has 1 rings (SSSR count). The highest BCUT2D eigenvalue weighted by Crippen LogP contribution is 2.08. The highest BCUT2D eigenvalue weighted by molar-refractivity contribution is 6.81. The van der Waals surface area contributed by atoms with Gasteiger partial charge in [-0.2, -0.15) is 0 Å². The van der Waals surface area contributed by atoms with Crippen LogP contribution >= 0.6 is 0 Å². The number of hydrogen-bond donors (Lipinski definition) is 0. The lowest BCUT2D eigenvalue weighted by Gasteiger charge is -2.05. The van der Waals surface area contributed by atoms with E-state index in [-0.39, 0.29) is 5.59 Å². The predicted molar refractivity (Wildman–Crippen MR) is 79.1 cm³/mol. The lowest BCUT2D eigenvalue weighted by Crippen LogP contribution is -2.15. The average Bonchev–Trinajstić information content (AvgIpc) is 2.46. The molecule has 0 unspecified atom stereocenters. The second kappa shape index (κ2) is 9.73. The number of methoxy groups -OCH3 is 1. The highest BCUT2D eigenvalue weighted by Gasteiger charge is 2.07. The molecule has 0 atom stereocenters. The van der Waals surface area contributed by atoms with Gasteiger partial charge >= 0.3 is 0 Å². The van der Waals surface area contributed by atoms with Crippen molar-refractivity contribution in [3.8, 4) is 5.75 Å². The lowest BCUT2D eigenvalue weighted by atomic mass is 10.1. The van der Waals surface area contributed by atoms with Crippen molar-refractivity contribution in [2.24, 2.45) is 0 Å². The van der Waals surface area contributed by atoms with E-state index < -0.39 is 8.40 Å². The molecule has 4 heteroatoms. The number of carbonyl (C=O) groups excluding carboxylic acids is 1. The molecule has 0 radical (unpaired) electrons. The van der Waals surface area contributed by atoms with Crippen LogP contribution in [0.25, 0.3) is 0 Å². The van der Waals surface area contributed by atoms with Crippen molar-refractivity contribution in [1.82, 2.24) is 0 Å². The van der Waals surface area contributed by atoms with E-state index in [0.717, 1.165) is 18.6 Å². The summed E-state index contributed by atoms with van der Waals surface area (Å²) < 4.78 is 10.4. The molecule has 0 amide bonds. The molecule has 0 saturated carbocycles. The van der Waals surface area contributed by atoms with E-state index in [4.69, 9.17) is 9.47 Å². The maximum Gasteiger partial charge on any atom is 0.297 e. The molecule has 0 aliphatic carbocycles. The molecule has 0 fully saturated rings. The van der Waals surface area contributed by atoms with Gasteiger partial charge in [0.1, 0.15) is 5.75 Å². The van der Waals surface area contributed by atoms with Crippen LogP contribution < -0.4 is 4.74 Å². The first-order chi connectivity index (χ1) is 9.27. The molecule has 1 aromatic rings. The largest absolute Gasteiger partial charge is 0.497 e. The maximum absolute atomic E-state index is 11.8. The van der Waals surface area contributed by atoms with Crippen LogP contribution in [0.1, 0.15) is 45.4 Å². The van der Waals surface area contributed by atoms with Crippen LogP contribution in [-0.2, 0) is 4.74 Å². The van der Waals surface area contributed by atoms with Gasteiger partial charge in [-0.1, -0.05) is 50.4 Å². The Balaban J connectivity index is 2.16. The lowest BCUT2D eigenvalue weighted by molar-refractivity contribution is 0.169. The minimum atomic E-state index is -1.29. The van der Waals surface area contributed by atoms with Crippen molar-refractivity contribution in [2.75, 3.05) is 13.7 Å². The Morgan fingerprint density at radius 2 is 1.74 bits per heavy atom. The third-order valence-electron chi connectivity index (χ3n) is 3.06. The zero-order chi connectivity index (χ0) is 13.9. The fourth-order valence-corrected chi connectivity index (χ4v) is 3.20. The fourth-order valence-electron chi connectivity index (χ4n) is 1.86. The van der Waals surface area contributed by atoms with Crippen LogP contribution in [0, 0.1) is 0 Å². The van der Waals surface area contributed by atoms with Gasteiger partial charge in [0.25, 0.3) is 5.59 Å². The summed E-state index contributed by atoms with van der Waals surface area (Å²) in [6, 6.07) is 3.70. The molecule has 0 N–H and O–H groups in total. The smallest absolute Gasteiger partial charge is 0.297 e. The first-order valence-electron chi connectivity index (χ1n) is 7.09. The average molecular weight is 280 g/mol. The molecular weight excluding hydrogens is 256 g/mol. The molecule has 0 saturated heterocycles. The van der Waals surface area contributed by atoms with Crippen LogP contribution in [-0.4, -0.2) is 27.7 Å². The Bertz CT molecular complexity index is 362. The number of rotatable bonds is 9. The summed E-state index contributed by atoms with van der Waals surface area (Å²) in [6.45, 7) is 2.77. The first-order valence-corrected chi connectivity index (χ1v) is 8.74. The Hall–Kier alpha value is -1.16. The van der Waals surface area contributed by atoms with Gasteiger partial charge < -0.3 is 9.47 Å². The van der Waals surface area contributed by atoms with Crippen LogP contribution in [0.15, 0.2) is 23.5 Å². The zero-order valence-electron chi connectivity index (χ0n) is 12.0. The second-order valence-electron chi connectivity index (χ2n) is 4.63. The summed E-state index contributed by atoms with van der Waals surface area (Å²) in [5.41, 5.74) is 3.75. The van der Waals surface area contributed by atoms with Crippen LogP contribution in [0.4, 0.5) is 4.79 Å². The summed E-state index contributed by atoms with van der Waals surface area (Å²) in [5, 5.41) is 0. The zero-order valence-corrected chi connectivity index (χ0v) is 13.0. The highest BCUT2D eigenvalue weighted by atomic mass is 28.2. The summed E-state index contributed by atoms with van der Waals surface area (Å²) in [4.78, 5) is 11.8. The summed E-state index contributed by atoms with van der Waals surface area (Å²) in [7, 11) is 0.331. The maximum atomic E-state index is 11.8. The summed E-state index contributed by atoms with van der Waals surface area (Å²) in [5.74, 6) is 0.789. The van der Waals surface area contributed by atoms with E-state index in [0.29, 0.717) is 6.61 Å². The molecule has 0 spiro atoms. The van der Waals surface area contributed by atoms with E-state index in [1.54, 1.807) is 7.11 Å². The standard InChI is InChI=1S/C15H24O3Si/c1-3-4-5-6-7-8-11-18-15(16)19-12-9-14(17-2)10-13-19/h9-10,12-13H,3-8,11H2,1-2H3. The van der Waals surface area contributed by atoms with Gasteiger partial charge in [-0.3, -0.25) is 4.79 Å². The van der Waals surface area contributed by atoms with Crippen molar-refractivity contribution in [3.05, 3.63) is 23.5 Å². The van der Waals surface area contributed by atoms with Crippen molar-refractivity contribution in [1.29, 1.82) is 0 Å². The van der Waals surface area contributed by atoms with Gasteiger partial charge in [0.15, 0.2) is 8.40 Å². The molecule has 106 valence electrons. The minimum absolute atomic E-state index is 0.0683. The monoisotopic (exact) mass is 280 g/mol. The van der Waals surface area contributed by atoms with E-state index in [9.17, 15) is 4.79 Å². The summed E-state index contributed by atoms with van der Waals surface area (Å²) >= 11 is 0. The molecule has 1 aromatic heterocycles. The van der Waals surface area contributed by atoms with Gasteiger partial charge in [-0.05, 0) is 18.6 Å². The fraction of sp³-hybridized carbons (Fsp3) is 0.600. The third-order valence-corrected chi connectivity index (χ3v) is 4.72. The van der Waals surface area contributed by atoms with Crippen LogP contribution in [0.2, 0.25) is 0 Å². The number of unbranched alkanes of at least 4 members (excludes halogenated alkanes) is 5. The molecule has 1 heterocycles. The third kappa shape index (κ3) is 6.52. The molecule has 0 aliphatic rings. The van der Waals surface area contributed by atoms with Crippen LogP contribution in [0.3, 0.4) is 0 Å². The first kappa shape index (κ1) is 15.9. The van der Waals surface area contributed by atoms with Crippen molar-refractivity contribution < 1.29 is 14.3 Å². The topological polar surface area (TPSA) is 35.5 Å². The van der Waals surface area contributed by atoms with Crippen LogP contribution in [0.5, 0.6) is 5.75 Å². The van der Waals surface area contributed by atoms with E-state index >= 15 is 0 Å². The normalized spacial score (nSPS) is 10.2. The van der Waals surface area contributed by atoms with E-state index in [2.05, 4.69) is 6.92 Å². The van der Waals surface area contributed by atoms with Gasteiger partial charge in [0.05, 0.1) is 13.7 Å². The number of carbonyl (C=O) groups is 1. The van der Waals surface area contributed by atoms with Crippen molar-refractivity contribution in [2.45, 2.75) is 45.4 Å². The molecule has 0 aromatic carbocycles. The van der Waals surface area contributed by atoms with Gasteiger partial charge in [-0.15, -0.1) is 0 Å². The number of ether oxygens (including phenoxy) is 2. The molecule has 0 aliphatic heterocycles. The Morgan fingerprint density at radius 3 is 2.37 bits per heavy atom. The SMILES string of the molecule is CCCCCCCCOC(=O)[si]1ccc(OC)cc1. The quantitative estimate of drug-likeness (QED) is 0.505. The Kier molecular flexibility index (Phi) is 8.14. The van der Waals surface area contributed by atoms with E-state index in [1.807, 2.05) is 23.5 Å². The van der Waals surface area contributed by atoms with Crippen molar-refractivity contribution >= 4 is 14.0 Å². The molecular formula is C15H24O3Si.